The van der Waals surface area contributed by atoms with Gasteiger partial charge in [0.25, 0.3) is 5.56 Å². The molecule has 2 aromatic carbocycles. The van der Waals surface area contributed by atoms with E-state index in [0.29, 0.717) is 23.3 Å². The van der Waals surface area contributed by atoms with E-state index in [1.807, 2.05) is 36.4 Å². The summed E-state index contributed by atoms with van der Waals surface area (Å²) in [5, 5.41) is 15.0. The zero-order valence-electron chi connectivity index (χ0n) is 18.3. The number of tetrazole rings is 1. The van der Waals surface area contributed by atoms with Gasteiger partial charge in [-0.15, -0.1) is 10.2 Å². The number of nitrogens with zero attached hydrogens (tertiary/aromatic N) is 6. The zero-order valence-corrected chi connectivity index (χ0v) is 18.3. The van der Waals surface area contributed by atoms with E-state index in [1.165, 1.54) is 0 Å². The molecule has 0 aliphatic carbocycles. The minimum Gasteiger partial charge on any atom is -0.292 e. The number of fused-ring (bicyclic) bond motifs is 1. The number of benzene rings is 2. The second-order valence-corrected chi connectivity index (χ2v) is 7.89. The van der Waals surface area contributed by atoms with Gasteiger partial charge in [0.1, 0.15) is 5.82 Å². The van der Waals surface area contributed by atoms with Gasteiger partial charge in [0.05, 0.1) is 17.4 Å². The highest BCUT2D eigenvalue weighted by atomic mass is 16.1. The van der Waals surface area contributed by atoms with Crippen LogP contribution in [-0.2, 0) is 13.0 Å². The summed E-state index contributed by atoms with van der Waals surface area (Å²) in [7, 11) is 0. The molecule has 0 aliphatic rings. The van der Waals surface area contributed by atoms with Crippen LogP contribution in [0.3, 0.4) is 0 Å². The fourth-order valence-corrected chi connectivity index (χ4v) is 3.98. The molecule has 8 heteroatoms. The zero-order chi connectivity index (χ0) is 22.6. The highest BCUT2D eigenvalue weighted by molar-refractivity contribution is 5.80. The molecule has 164 valence electrons. The van der Waals surface area contributed by atoms with E-state index in [9.17, 15) is 4.79 Å². The molecule has 5 rings (SSSR count). The van der Waals surface area contributed by atoms with Crippen LogP contribution in [0, 0.1) is 0 Å². The van der Waals surface area contributed by atoms with Crippen LogP contribution < -0.4 is 5.56 Å². The molecule has 0 radical (unpaired) electrons. The summed E-state index contributed by atoms with van der Waals surface area (Å²) in [6, 6.07) is 18.0. The number of hydrogen-bond donors (Lipinski definition) is 1. The number of nitrogens with one attached hydrogen (secondary N) is 1. The molecule has 0 aliphatic heterocycles. The number of H-pyrrole nitrogens is 1. The minimum atomic E-state index is -0.0502. The average Bonchev–Trinajstić information content (AvgIpc) is 3.40. The molecule has 0 bridgehead atoms. The Morgan fingerprint density at radius 2 is 1.82 bits per heavy atom. The first-order valence-corrected chi connectivity index (χ1v) is 11.0. The molecule has 0 saturated heterocycles. The predicted octanol–water partition coefficient (Wildman–Crippen LogP) is 4.03. The van der Waals surface area contributed by atoms with Crippen molar-refractivity contribution in [3.8, 4) is 22.5 Å². The van der Waals surface area contributed by atoms with Crippen LogP contribution >= 0.6 is 0 Å². The highest BCUT2D eigenvalue weighted by Gasteiger charge is 2.13. The summed E-state index contributed by atoms with van der Waals surface area (Å²) < 4.78 is 1.78. The van der Waals surface area contributed by atoms with Crippen LogP contribution in [-0.4, -0.2) is 35.2 Å². The lowest BCUT2D eigenvalue weighted by atomic mass is 9.98. The van der Waals surface area contributed by atoms with Crippen molar-refractivity contribution in [3.63, 3.8) is 0 Å². The van der Waals surface area contributed by atoms with Gasteiger partial charge in [0.15, 0.2) is 0 Å². The summed E-state index contributed by atoms with van der Waals surface area (Å²) in [6.07, 6.45) is 6.06. The fraction of sp³-hybridized carbons (Fsp3) is 0.200. The van der Waals surface area contributed by atoms with Crippen LogP contribution in [0.5, 0.6) is 0 Å². The van der Waals surface area contributed by atoms with E-state index in [2.05, 4.69) is 44.7 Å². The lowest BCUT2D eigenvalue weighted by molar-refractivity contribution is 0.646. The maximum absolute atomic E-state index is 13.2. The Morgan fingerprint density at radius 3 is 2.58 bits per heavy atom. The van der Waals surface area contributed by atoms with E-state index in [1.54, 1.807) is 23.0 Å². The molecule has 1 N–H and O–H groups in total. The Kier molecular flexibility index (Phi) is 5.72. The number of hydrogen-bond acceptors (Lipinski definition) is 6. The third-order valence-corrected chi connectivity index (χ3v) is 5.71. The summed E-state index contributed by atoms with van der Waals surface area (Å²) in [6.45, 7) is 2.60. The monoisotopic (exact) mass is 437 g/mol. The second kappa shape index (κ2) is 9.12. The number of aromatic nitrogens is 7. The van der Waals surface area contributed by atoms with Crippen molar-refractivity contribution >= 4 is 10.9 Å². The van der Waals surface area contributed by atoms with Gasteiger partial charge in [0, 0.05) is 24.4 Å². The second-order valence-electron chi connectivity index (χ2n) is 7.89. The summed E-state index contributed by atoms with van der Waals surface area (Å²) >= 11 is 0. The van der Waals surface area contributed by atoms with Crippen molar-refractivity contribution in [2.75, 3.05) is 0 Å². The van der Waals surface area contributed by atoms with Gasteiger partial charge >= 0.3 is 0 Å². The maximum Gasteiger partial charge on any atom is 0.263 e. The van der Waals surface area contributed by atoms with Gasteiger partial charge in [-0.3, -0.25) is 14.3 Å². The Hall–Kier alpha value is -4.20. The van der Waals surface area contributed by atoms with Crippen molar-refractivity contribution in [2.45, 2.75) is 32.7 Å². The van der Waals surface area contributed by atoms with Crippen LogP contribution in [0.2, 0.25) is 0 Å². The number of rotatable bonds is 7. The van der Waals surface area contributed by atoms with Gasteiger partial charge in [-0.2, -0.15) is 5.21 Å². The van der Waals surface area contributed by atoms with Crippen LogP contribution in [0.4, 0.5) is 0 Å². The Balaban J connectivity index is 1.50. The quantitative estimate of drug-likeness (QED) is 0.412. The smallest absolute Gasteiger partial charge is 0.263 e. The van der Waals surface area contributed by atoms with Crippen molar-refractivity contribution in [1.29, 1.82) is 0 Å². The maximum atomic E-state index is 13.2. The number of pyridine rings is 1. The number of unbranched alkanes of at least 4 members (excludes halogenated alkanes) is 1. The molecule has 33 heavy (non-hydrogen) atoms. The molecule has 0 spiro atoms. The van der Waals surface area contributed by atoms with E-state index in [4.69, 9.17) is 4.98 Å². The van der Waals surface area contributed by atoms with E-state index in [0.717, 1.165) is 47.3 Å². The van der Waals surface area contributed by atoms with Gasteiger partial charge in [-0.05, 0) is 34.4 Å². The molecule has 8 nitrogen and oxygen atoms in total. The van der Waals surface area contributed by atoms with Crippen LogP contribution in [0.15, 0.2) is 71.8 Å². The molecular weight excluding hydrogens is 414 g/mol. The van der Waals surface area contributed by atoms with E-state index < -0.39 is 0 Å². The van der Waals surface area contributed by atoms with Gasteiger partial charge in [-0.1, -0.05) is 61.9 Å². The summed E-state index contributed by atoms with van der Waals surface area (Å²) in [5.74, 6) is 1.37. The van der Waals surface area contributed by atoms with Crippen LogP contribution in [0.25, 0.3) is 33.4 Å². The average molecular weight is 438 g/mol. The van der Waals surface area contributed by atoms with Crippen LogP contribution in [0.1, 0.15) is 31.2 Å². The predicted molar refractivity (Wildman–Crippen MR) is 127 cm³/mol. The normalized spacial score (nSPS) is 11.2. The Bertz CT molecular complexity index is 1440. The van der Waals surface area contributed by atoms with Crippen molar-refractivity contribution in [1.82, 2.24) is 35.2 Å². The molecule has 5 aromatic rings. The van der Waals surface area contributed by atoms with Gasteiger partial charge in [0.2, 0.25) is 5.82 Å². The third kappa shape index (κ3) is 4.15. The number of aryl methyl sites for hydroxylation is 1. The topological polar surface area (TPSA) is 102 Å². The van der Waals surface area contributed by atoms with Gasteiger partial charge in [-0.25, -0.2) is 4.98 Å². The number of aromatic amines is 1. The first-order chi connectivity index (χ1) is 16.2. The molecule has 0 saturated carbocycles. The Morgan fingerprint density at radius 1 is 1.00 bits per heavy atom. The molecule has 3 aromatic heterocycles. The van der Waals surface area contributed by atoms with Crippen molar-refractivity contribution < 1.29 is 0 Å². The molecular formula is C25H23N7O. The van der Waals surface area contributed by atoms with E-state index in [-0.39, 0.29) is 5.56 Å². The lowest BCUT2D eigenvalue weighted by Crippen LogP contribution is -2.26. The lowest BCUT2D eigenvalue weighted by Gasteiger charge is -2.14. The molecule has 0 amide bonds. The van der Waals surface area contributed by atoms with Gasteiger partial charge < -0.3 is 0 Å². The molecule has 0 atom stereocenters. The van der Waals surface area contributed by atoms with E-state index >= 15 is 0 Å². The standard InChI is InChI=1S/C25H23N7O/c1-2-3-8-23-27-22-13-14-26-15-21(22)25(33)32(23)16-17-9-11-18(12-10-17)19-6-4-5-7-20(19)24-28-30-31-29-24/h4-7,9-15H,2-3,8,16H2,1H3,(H,28,29,30,31). The highest BCUT2D eigenvalue weighted by Crippen LogP contribution is 2.29. The fourth-order valence-electron chi connectivity index (χ4n) is 3.98. The first-order valence-electron chi connectivity index (χ1n) is 11.0. The molecule has 0 fully saturated rings. The molecule has 0 unspecified atom stereocenters. The van der Waals surface area contributed by atoms with Crippen molar-refractivity contribution in [3.05, 3.63) is 88.7 Å². The minimum absolute atomic E-state index is 0.0502. The third-order valence-electron chi connectivity index (χ3n) is 5.71. The molecule has 3 heterocycles. The Labute approximate surface area is 190 Å². The summed E-state index contributed by atoms with van der Waals surface area (Å²) in [4.78, 5) is 22.1. The largest absolute Gasteiger partial charge is 0.292 e. The first kappa shape index (κ1) is 20.7. The SMILES string of the molecule is CCCCc1nc2ccncc2c(=O)n1Cc1ccc(-c2ccccc2-c2nn[nH]n2)cc1. The van der Waals surface area contributed by atoms with Crippen molar-refractivity contribution in [2.24, 2.45) is 0 Å². The summed E-state index contributed by atoms with van der Waals surface area (Å²) in [5.41, 5.74) is 4.64.